The van der Waals surface area contributed by atoms with Gasteiger partial charge >= 0.3 is 5.97 Å². The minimum absolute atomic E-state index is 0.253. The third-order valence-corrected chi connectivity index (χ3v) is 5.14. The number of hydrogen-bond donors (Lipinski definition) is 1. The van der Waals surface area contributed by atoms with Crippen LogP contribution in [0.3, 0.4) is 0 Å². The fourth-order valence-corrected chi connectivity index (χ4v) is 3.56. The van der Waals surface area contributed by atoms with Gasteiger partial charge in [0.1, 0.15) is 5.82 Å². The normalized spacial score (nSPS) is 18.6. The summed E-state index contributed by atoms with van der Waals surface area (Å²) in [6.07, 6.45) is 3.02. The van der Waals surface area contributed by atoms with Gasteiger partial charge in [-0.05, 0) is 50.0 Å². The minimum Gasteiger partial charge on any atom is -0.481 e. The molecule has 0 radical (unpaired) electrons. The van der Waals surface area contributed by atoms with E-state index >= 15 is 0 Å². The highest BCUT2D eigenvalue weighted by atomic mass is 79.9. The maximum absolute atomic E-state index is 13.1. The third kappa shape index (κ3) is 3.83. The Kier molecular flexibility index (Phi) is 5.38. The van der Waals surface area contributed by atoms with Crippen molar-refractivity contribution in [2.24, 2.45) is 5.41 Å². The van der Waals surface area contributed by atoms with Crippen molar-refractivity contribution in [2.75, 3.05) is 13.1 Å². The van der Waals surface area contributed by atoms with E-state index < -0.39 is 11.4 Å². The molecule has 0 saturated carbocycles. The summed E-state index contributed by atoms with van der Waals surface area (Å²) in [4.78, 5) is 13.8. The van der Waals surface area contributed by atoms with E-state index in [2.05, 4.69) is 20.8 Å². The molecule has 1 aromatic carbocycles. The van der Waals surface area contributed by atoms with Gasteiger partial charge in [0.25, 0.3) is 0 Å². The van der Waals surface area contributed by atoms with Crippen LogP contribution in [0.2, 0.25) is 0 Å². The molecule has 1 aliphatic rings. The molecule has 0 spiro atoms. The van der Waals surface area contributed by atoms with Crippen molar-refractivity contribution in [3.63, 3.8) is 0 Å². The second kappa shape index (κ2) is 6.88. The van der Waals surface area contributed by atoms with Crippen LogP contribution in [-0.4, -0.2) is 29.1 Å². The zero-order chi connectivity index (χ0) is 15.5. The number of aliphatic carboxylic acids is 1. The molecule has 1 aliphatic heterocycles. The largest absolute Gasteiger partial charge is 0.481 e. The van der Waals surface area contributed by atoms with Gasteiger partial charge in [-0.2, -0.15) is 0 Å². The quantitative estimate of drug-likeness (QED) is 0.863. The number of carboxylic acids is 1. The van der Waals surface area contributed by atoms with Crippen molar-refractivity contribution in [2.45, 2.75) is 39.2 Å². The summed E-state index contributed by atoms with van der Waals surface area (Å²) in [5.74, 6) is -0.913. The first-order chi connectivity index (χ1) is 9.97. The Morgan fingerprint density at radius 1 is 1.43 bits per heavy atom. The number of rotatable bonds is 5. The summed E-state index contributed by atoms with van der Waals surface area (Å²) in [6, 6.07) is 4.71. The molecule has 2 rings (SSSR count). The summed E-state index contributed by atoms with van der Waals surface area (Å²) < 4.78 is 13.9. The molecule has 1 fully saturated rings. The Bertz CT molecular complexity index is 513. The Labute approximate surface area is 133 Å². The van der Waals surface area contributed by atoms with E-state index in [1.54, 1.807) is 6.07 Å². The van der Waals surface area contributed by atoms with E-state index in [4.69, 9.17) is 0 Å². The zero-order valence-electron chi connectivity index (χ0n) is 12.2. The first-order valence-electron chi connectivity index (χ1n) is 7.36. The minimum atomic E-state index is -0.660. The SMILES string of the molecule is CCCC1(C(=O)O)CCN(Cc2ccc(F)cc2Br)CC1. The van der Waals surface area contributed by atoms with E-state index in [1.165, 1.54) is 12.1 Å². The van der Waals surface area contributed by atoms with E-state index in [0.717, 1.165) is 42.5 Å². The van der Waals surface area contributed by atoms with Crippen LogP contribution in [0.1, 0.15) is 38.2 Å². The van der Waals surface area contributed by atoms with E-state index in [1.807, 2.05) is 6.92 Å². The summed E-state index contributed by atoms with van der Waals surface area (Å²) in [5, 5.41) is 9.50. The molecular formula is C16H21BrFNO2. The molecule has 0 aromatic heterocycles. The van der Waals surface area contributed by atoms with Crippen molar-refractivity contribution in [1.82, 2.24) is 4.90 Å². The van der Waals surface area contributed by atoms with Gasteiger partial charge in [0.2, 0.25) is 0 Å². The van der Waals surface area contributed by atoms with Gasteiger partial charge in [-0.15, -0.1) is 0 Å². The number of likely N-dealkylation sites (tertiary alicyclic amines) is 1. The number of carboxylic acid groups (broad SMARTS) is 1. The molecule has 1 saturated heterocycles. The average molecular weight is 358 g/mol. The van der Waals surface area contributed by atoms with Crippen LogP contribution in [0, 0.1) is 11.2 Å². The molecular weight excluding hydrogens is 337 g/mol. The smallest absolute Gasteiger partial charge is 0.309 e. The standard InChI is InChI=1S/C16H21BrFNO2/c1-2-5-16(15(20)21)6-8-19(9-7-16)11-12-3-4-13(18)10-14(12)17/h3-4,10H,2,5-9,11H2,1H3,(H,20,21). The first-order valence-corrected chi connectivity index (χ1v) is 8.16. The number of piperidine rings is 1. The number of carbonyl (C=O) groups is 1. The van der Waals surface area contributed by atoms with Gasteiger partial charge in [-0.25, -0.2) is 4.39 Å². The second-order valence-corrected chi connectivity index (χ2v) is 6.70. The average Bonchev–Trinajstić information content (AvgIpc) is 2.44. The Morgan fingerprint density at radius 2 is 2.10 bits per heavy atom. The Hall–Kier alpha value is -0.940. The molecule has 0 atom stereocenters. The summed E-state index contributed by atoms with van der Waals surface area (Å²) in [6.45, 7) is 4.31. The lowest BCUT2D eigenvalue weighted by molar-refractivity contribution is -0.152. The van der Waals surface area contributed by atoms with Gasteiger partial charge in [0.15, 0.2) is 0 Å². The van der Waals surface area contributed by atoms with Crippen LogP contribution < -0.4 is 0 Å². The Balaban J connectivity index is 1.99. The highest BCUT2D eigenvalue weighted by molar-refractivity contribution is 9.10. The van der Waals surface area contributed by atoms with Crippen molar-refractivity contribution in [3.05, 3.63) is 34.1 Å². The van der Waals surface area contributed by atoms with Gasteiger partial charge in [0, 0.05) is 11.0 Å². The monoisotopic (exact) mass is 357 g/mol. The van der Waals surface area contributed by atoms with Gasteiger partial charge in [0.05, 0.1) is 5.41 Å². The molecule has 21 heavy (non-hydrogen) atoms. The topological polar surface area (TPSA) is 40.5 Å². The lowest BCUT2D eigenvalue weighted by Gasteiger charge is -2.39. The van der Waals surface area contributed by atoms with E-state index in [0.29, 0.717) is 12.8 Å². The number of hydrogen-bond acceptors (Lipinski definition) is 2. The molecule has 0 aliphatic carbocycles. The predicted octanol–water partition coefficient (Wildman–Crippen LogP) is 4.06. The van der Waals surface area contributed by atoms with Crippen LogP contribution >= 0.6 is 15.9 Å². The molecule has 0 bridgehead atoms. The van der Waals surface area contributed by atoms with E-state index in [-0.39, 0.29) is 5.82 Å². The number of halogens is 2. The van der Waals surface area contributed by atoms with Crippen LogP contribution in [0.5, 0.6) is 0 Å². The van der Waals surface area contributed by atoms with Crippen molar-refractivity contribution in [3.8, 4) is 0 Å². The fourth-order valence-electron chi connectivity index (χ4n) is 3.08. The van der Waals surface area contributed by atoms with Crippen LogP contribution in [0.25, 0.3) is 0 Å². The van der Waals surface area contributed by atoms with E-state index in [9.17, 15) is 14.3 Å². The molecule has 116 valence electrons. The number of benzene rings is 1. The molecule has 1 N–H and O–H groups in total. The summed E-state index contributed by atoms with van der Waals surface area (Å²) in [5.41, 5.74) is 0.486. The van der Waals surface area contributed by atoms with Crippen molar-refractivity contribution >= 4 is 21.9 Å². The van der Waals surface area contributed by atoms with Gasteiger partial charge < -0.3 is 5.11 Å². The zero-order valence-corrected chi connectivity index (χ0v) is 13.8. The molecule has 0 unspecified atom stereocenters. The maximum Gasteiger partial charge on any atom is 0.309 e. The highest BCUT2D eigenvalue weighted by Gasteiger charge is 2.40. The van der Waals surface area contributed by atoms with Crippen LogP contribution in [0.15, 0.2) is 22.7 Å². The summed E-state index contributed by atoms with van der Waals surface area (Å²) >= 11 is 3.38. The van der Waals surface area contributed by atoms with Crippen LogP contribution in [0.4, 0.5) is 4.39 Å². The van der Waals surface area contributed by atoms with Crippen LogP contribution in [-0.2, 0) is 11.3 Å². The first kappa shape index (κ1) is 16.4. The predicted molar refractivity (Wildman–Crippen MR) is 83.6 cm³/mol. The van der Waals surface area contributed by atoms with Gasteiger partial charge in [-0.1, -0.05) is 35.3 Å². The molecule has 5 heteroatoms. The molecule has 1 heterocycles. The Morgan fingerprint density at radius 3 is 2.62 bits per heavy atom. The lowest BCUT2D eigenvalue weighted by atomic mass is 9.75. The fraction of sp³-hybridized carbons (Fsp3) is 0.562. The molecule has 1 aromatic rings. The van der Waals surface area contributed by atoms with Crippen molar-refractivity contribution in [1.29, 1.82) is 0 Å². The second-order valence-electron chi connectivity index (χ2n) is 5.85. The lowest BCUT2D eigenvalue weighted by Crippen LogP contribution is -2.44. The molecule has 3 nitrogen and oxygen atoms in total. The van der Waals surface area contributed by atoms with Crippen molar-refractivity contribution < 1.29 is 14.3 Å². The number of nitrogens with zero attached hydrogens (tertiary/aromatic N) is 1. The summed E-state index contributed by atoms with van der Waals surface area (Å²) in [7, 11) is 0. The third-order valence-electron chi connectivity index (χ3n) is 4.40. The highest BCUT2D eigenvalue weighted by Crippen LogP contribution is 2.37. The maximum atomic E-state index is 13.1. The van der Waals surface area contributed by atoms with Gasteiger partial charge in [-0.3, -0.25) is 9.69 Å². The molecule has 0 amide bonds.